The van der Waals surface area contributed by atoms with Gasteiger partial charge in [0.25, 0.3) is 0 Å². The van der Waals surface area contributed by atoms with Crippen molar-refractivity contribution in [2.24, 2.45) is 5.92 Å². The first kappa shape index (κ1) is 16.0. The Kier molecular flexibility index (Phi) is 4.65. The van der Waals surface area contributed by atoms with Crippen molar-refractivity contribution in [3.05, 3.63) is 65.7 Å². The molecule has 3 nitrogen and oxygen atoms in total. The molecule has 1 aliphatic heterocycles. The van der Waals surface area contributed by atoms with Crippen molar-refractivity contribution in [3.8, 4) is 0 Å². The molecule has 0 spiro atoms. The van der Waals surface area contributed by atoms with E-state index in [-0.39, 0.29) is 37.6 Å². The Morgan fingerprint density at radius 1 is 0.913 bits per heavy atom. The van der Waals surface area contributed by atoms with Crippen LogP contribution in [-0.2, 0) is 0 Å². The molecule has 0 N–H and O–H groups in total. The number of hydrogen-bond donors (Lipinski definition) is 0. The number of nitrogens with zero attached hydrogens (tertiary/aromatic N) is 1. The van der Waals surface area contributed by atoms with Crippen LogP contribution in [0.3, 0.4) is 0 Å². The van der Waals surface area contributed by atoms with Crippen molar-refractivity contribution in [3.63, 3.8) is 0 Å². The summed E-state index contributed by atoms with van der Waals surface area (Å²) in [6.45, 7) is 4.23. The van der Waals surface area contributed by atoms with Crippen LogP contribution in [0.15, 0.2) is 54.6 Å². The van der Waals surface area contributed by atoms with E-state index in [1.54, 1.807) is 12.1 Å². The fraction of sp³-hybridized carbons (Fsp3) is 0.263. The number of hydrogen-bond acceptors (Lipinski definition) is 2. The van der Waals surface area contributed by atoms with E-state index in [0.717, 1.165) is 6.42 Å². The van der Waals surface area contributed by atoms with Gasteiger partial charge in [0, 0.05) is 0 Å². The number of fused-ring (bicyclic) bond motifs is 1. The molecule has 0 unspecified atom stereocenters. The van der Waals surface area contributed by atoms with Crippen molar-refractivity contribution in [2.75, 3.05) is 0 Å². The minimum absolute atomic E-state index is 0.0318. The quantitative estimate of drug-likeness (QED) is 0.598. The van der Waals surface area contributed by atoms with Gasteiger partial charge in [-0.05, 0) is 0 Å². The second-order valence-corrected chi connectivity index (χ2v) is 8.23. The van der Waals surface area contributed by atoms with Gasteiger partial charge in [0.15, 0.2) is 0 Å². The number of benzene rings is 2. The molecule has 2 aromatic carbocycles. The molecular formula is C19H19NO2Se. The predicted octanol–water partition coefficient (Wildman–Crippen LogP) is 2.68. The van der Waals surface area contributed by atoms with Crippen LogP contribution < -0.4 is 4.46 Å². The van der Waals surface area contributed by atoms with Crippen molar-refractivity contribution in [2.45, 2.75) is 25.2 Å². The molecule has 1 heterocycles. The van der Waals surface area contributed by atoms with Crippen LogP contribution in [0.25, 0.3) is 0 Å². The molecule has 0 fully saturated rings. The molecule has 2 amide bonds. The summed E-state index contributed by atoms with van der Waals surface area (Å²) in [7, 11) is 0. The van der Waals surface area contributed by atoms with Gasteiger partial charge in [-0.15, -0.1) is 0 Å². The number of rotatable bonds is 5. The summed E-state index contributed by atoms with van der Waals surface area (Å²) < 4.78 is 1.21. The first-order valence-electron chi connectivity index (χ1n) is 7.82. The molecule has 4 heteroatoms. The van der Waals surface area contributed by atoms with Crippen molar-refractivity contribution in [1.82, 2.24) is 4.90 Å². The molecule has 0 saturated carbocycles. The molecule has 0 aliphatic carbocycles. The Morgan fingerprint density at radius 2 is 1.43 bits per heavy atom. The summed E-state index contributed by atoms with van der Waals surface area (Å²) in [5.74, 6) is -0.0140. The second-order valence-electron chi connectivity index (χ2n) is 5.73. The van der Waals surface area contributed by atoms with Crippen LogP contribution in [0.2, 0.25) is 0 Å². The monoisotopic (exact) mass is 373 g/mol. The zero-order valence-electron chi connectivity index (χ0n) is 13.2. The number of imide groups is 1. The maximum absolute atomic E-state index is 12.8. The van der Waals surface area contributed by atoms with Crippen LogP contribution in [-0.4, -0.2) is 36.6 Å². The third-order valence-corrected chi connectivity index (χ3v) is 7.28. The van der Waals surface area contributed by atoms with E-state index in [9.17, 15) is 9.59 Å². The maximum atomic E-state index is 12.8. The van der Waals surface area contributed by atoms with Gasteiger partial charge in [-0.25, -0.2) is 0 Å². The summed E-state index contributed by atoms with van der Waals surface area (Å²) in [5, 5.41) is 0. The number of carbonyl (C=O) groups is 2. The molecule has 3 rings (SSSR count). The Balaban J connectivity index is 1.95. The molecule has 0 bridgehead atoms. The first-order chi connectivity index (χ1) is 11.1. The third kappa shape index (κ3) is 2.97. The molecule has 0 saturated heterocycles. The fourth-order valence-electron chi connectivity index (χ4n) is 2.70. The molecule has 2 atom stereocenters. The molecule has 0 aromatic heterocycles. The zero-order chi connectivity index (χ0) is 16.4. The molecule has 118 valence electrons. The Hall–Kier alpha value is -1.90. The Bertz CT molecular complexity index is 694. The third-order valence-electron chi connectivity index (χ3n) is 4.21. The topological polar surface area (TPSA) is 37.4 Å². The molecule has 23 heavy (non-hydrogen) atoms. The summed E-state index contributed by atoms with van der Waals surface area (Å²) in [6.07, 6.45) is 0.937. The number of amides is 2. The molecule has 0 radical (unpaired) electrons. The van der Waals surface area contributed by atoms with Gasteiger partial charge in [0.1, 0.15) is 0 Å². The van der Waals surface area contributed by atoms with E-state index in [2.05, 4.69) is 26.0 Å². The van der Waals surface area contributed by atoms with Gasteiger partial charge in [-0.2, -0.15) is 0 Å². The first-order valence-corrected chi connectivity index (χ1v) is 9.66. The van der Waals surface area contributed by atoms with Crippen LogP contribution in [0.5, 0.6) is 0 Å². The SMILES string of the molecule is CC[C@H](C)[C@H]([Se]c1ccccc1)N1C(=O)c2ccccc2C1=O. The van der Waals surface area contributed by atoms with Gasteiger partial charge < -0.3 is 0 Å². The molecular weight excluding hydrogens is 353 g/mol. The van der Waals surface area contributed by atoms with Gasteiger partial charge in [0.05, 0.1) is 0 Å². The summed E-state index contributed by atoms with van der Waals surface area (Å²) in [5.41, 5.74) is 1.07. The van der Waals surface area contributed by atoms with E-state index in [1.807, 2.05) is 30.3 Å². The predicted molar refractivity (Wildman–Crippen MR) is 92.0 cm³/mol. The number of carbonyl (C=O) groups excluding carboxylic acids is 2. The normalized spacial score (nSPS) is 16.3. The molecule has 2 aromatic rings. The minimum atomic E-state index is -0.145. The van der Waals surface area contributed by atoms with Crippen molar-refractivity contribution >= 4 is 31.2 Å². The average Bonchev–Trinajstić information content (AvgIpc) is 2.85. The van der Waals surface area contributed by atoms with Gasteiger partial charge in [0.2, 0.25) is 0 Å². The van der Waals surface area contributed by atoms with E-state index in [1.165, 1.54) is 9.36 Å². The van der Waals surface area contributed by atoms with Gasteiger partial charge >= 0.3 is 143 Å². The standard InChI is InChI=1S/C19H19NO2Se/c1-3-13(2)19(23-14-9-5-4-6-10-14)20-17(21)15-11-7-8-12-16(15)18(20)22/h4-13,19H,3H2,1-2H3/t13-,19-/m0/s1. The van der Waals surface area contributed by atoms with E-state index in [4.69, 9.17) is 0 Å². The van der Waals surface area contributed by atoms with Gasteiger partial charge in [-0.1, -0.05) is 0 Å². The van der Waals surface area contributed by atoms with E-state index in [0.29, 0.717) is 11.1 Å². The van der Waals surface area contributed by atoms with E-state index < -0.39 is 0 Å². The second kappa shape index (κ2) is 6.69. The fourth-order valence-corrected chi connectivity index (χ4v) is 5.46. The van der Waals surface area contributed by atoms with E-state index >= 15 is 0 Å². The van der Waals surface area contributed by atoms with Crippen LogP contribution in [0.1, 0.15) is 41.0 Å². The van der Waals surface area contributed by atoms with Crippen LogP contribution in [0.4, 0.5) is 0 Å². The Labute approximate surface area is 142 Å². The summed E-state index contributed by atoms with van der Waals surface area (Å²) >= 11 is 0.0318. The summed E-state index contributed by atoms with van der Waals surface area (Å²) in [4.78, 5) is 27.0. The van der Waals surface area contributed by atoms with Crippen LogP contribution in [0, 0.1) is 5.92 Å². The van der Waals surface area contributed by atoms with Crippen LogP contribution >= 0.6 is 0 Å². The molecule has 1 aliphatic rings. The van der Waals surface area contributed by atoms with Crippen molar-refractivity contribution < 1.29 is 9.59 Å². The Morgan fingerprint density at radius 3 is 1.96 bits per heavy atom. The average molecular weight is 372 g/mol. The van der Waals surface area contributed by atoms with Gasteiger partial charge in [-0.3, -0.25) is 0 Å². The van der Waals surface area contributed by atoms with Crippen molar-refractivity contribution in [1.29, 1.82) is 0 Å². The summed E-state index contributed by atoms with van der Waals surface area (Å²) in [6, 6.07) is 17.3. The zero-order valence-corrected chi connectivity index (χ0v) is 14.9.